The predicted molar refractivity (Wildman–Crippen MR) is 182 cm³/mol. The van der Waals surface area contributed by atoms with E-state index >= 15 is 0 Å². The van der Waals surface area contributed by atoms with Crippen LogP contribution in [0.2, 0.25) is 0 Å². The Morgan fingerprint density at radius 3 is 1.33 bits per heavy atom. The van der Waals surface area contributed by atoms with Crippen LogP contribution in [0.5, 0.6) is 11.5 Å². The van der Waals surface area contributed by atoms with Gasteiger partial charge in [0, 0.05) is 13.2 Å². The molecule has 1 aliphatic carbocycles. The third-order valence-electron chi connectivity index (χ3n) is 9.08. The van der Waals surface area contributed by atoms with Crippen LogP contribution in [0, 0.1) is 0 Å². The maximum atomic E-state index is 9.09. The topological polar surface area (TPSA) is 58.9 Å². The van der Waals surface area contributed by atoms with Crippen LogP contribution in [-0.4, -0.2) is 36.6 Å². The maximum Gasteiger partial charge on any atom is 0.119 e. The molecule has 0 spiro atoms. The monoisotopic (exact) mass is 594 g/mol. The molecule has 226 valence electrons. The molecule has 0 radical (unpaired) electrons. The molecular weight excluding hydrogens is 556 g/mol. The van der Waals surface area contributed by atoms with Gasteiger partial charge in [-0.2, -0.15) is 0 Å². The van der Waals surface area contributed by atoms with Gasteiger partial charge in [-0.1, -0.05) is 84.9 Å². The summed E-state index contributed by atoms with van der Waals surface area (Å²) in [6.07, 6.45) is 3.16. The summed E-state index contributed by atoms with van der Waals surface area (Å²) in [4.78, 5) is 0. The number of rotatable bonds is 12. The molecule has 6 aromatic rings. The van der Waals surface area contributed by atoms with E-state index in [4.69, 9.17) is 19.7 Å². The Hall–Kier alpha value is -4.64. The highest BCUT2D eigenvalue weighted by molar-refractivity contribution is 5.92. The van der Waals surface area contributed by atoms with Gasteiger partial charge in [0.2, 0.25) is 0 Å². The van der Waals surface area contributed by atoms with Gasteiger partial charge in [0.05, 0.1) is 18.6 Å². The molecule has 0 unspecified atom stereocenters. The number of hydrogen-bond donors (Lipinski definition) is 2. The number of fused-ring (bicyclic) bond motifs is 5. The van der Waals surface area contributed by atoms with Crippen LogP contribution in [-0.2, 0) is 5.41 Å². The summed E-state index contributed by atoms with van der Waals surface area (Å²) < 4.78 is 12.0. The van der Waals surface area contributed by atoms with Crippen molar-refractivity contribution in [1.29, 1.82) is 0 Å². The molecule has 0 saturated heterocycles. The van der Waals surface area contributed by atoms with Gasteiger partial charge in [-0.25, -0.2) is 0 Å². The Morgan fingerprint density at radius 2 is 0.867 bits per heavy atom. The number of unbranched alkanes of at least 4 members (excludes halogenated alkanes) is 2. The second-order valence-electron chi connectivity index (χ2n) is 11.8. The zero-order chi connectivity index (χ0) is 30.6. The van der Waals surface area contributed by atoms with E-state index in [-0.39, 0.29) is 13.2 Å². The highest BCUT2D eigenvalue weighted by Crippen LogP contribution is 2.56. The fraction of sp³-hybridized carbons (Fsp3) is 0.220. The van der Waals surface area contributed by atoms with Crippen molar-refractivity contribution in [3.8, 4) is 22.6 Å². The van der Waals surface area contributed by atoms with Crippen molar-refractivity contribution in [2.45, 2.75) is 31.1 Å². The minimum atomic E-state index is -0.492. The van der Waals surface area contributed by atoms with E-state index in [2.05, 4.69) is 109 Å². The molecule has 2 N–H and O–H groups in total. The van der Waals surface area contributed by atoms with Crippen molar-refractivity contribution in [2.24, 2.45) is 0 Å². The smallest absolute Gasteiger partial charge is 0.119 e. The summed E-state index contributed by atoms with van der Waals surface area (Å²) in [5, 5.41) is 22.8. The van der Waals surface area contributed by atoms with E-state index in [1.54, 1.807) is 0 Å². The Morgan fingerprint density at radius 1 is 0.444 bits per heavy atom. The summed E-state index contributed by atoms with van der Waals surface area (Å²) in [7, 11) is 0. The van der Waals surface area contributed by atoms with Gasteiger partial charge in [0.15, 0.2) is 0 Å². The average Bonchev–Trinajstić information content (AvgIpc) is 3.39. The summed E-state index contributed by atoms with van der Waals surface area (Å²) in [5.41, 5.74) is 7.08. The standard InChI is InChI=1S/C41H38O4/c42-21-5-7-23-44-35-19-15-29-25-33(17-13-31(29)27-35)41(39-11-3-1-9-37(39)38-10-2-4-12-40(38)41)34-18-14-32-28-36(20-16-30(32)26-34)45-24-8-6-22-43/h1-4,9-20,25-28,42-43H,5-8,21-24H2. The number of aliphatic hydroxyl groups is 2. The third-order valence-corrected chi connectivity index (χ3v) is 9.08. The lowest BCUT2D eigenvalue weighted by molar-refractivity contribution is 0.253. The van der Waals surface area contributed by atoms with Gasteiger partial charge in [0.1, 0.15) is 11.5 Å². The molecule has 6 aromatic carbocycles. The van der Waals surface area contributed by atoms with Gasteiger partial charge in [-0.3, -0.25) is 0 Å². The lowest BCUT2D eigenvalue weighted by Crippen LogP contribution is -2.28. The lowest BCUT2D eigenvalue weighted by Gasteiger charge is -2.34. The van der Waals surface area contributed by atoms with E-state index in [1.807, 2.05) is 12.1 Å². The summed E-state index contributed by atoms with van der Waals surface area (Å²) in [6, 6.07) is 44.0. The number of hydrogen-bond acceptors (Lipinski definition) is 4. The van der Waals surface area contributed by atoms with Crippen LogP contribution >= 0.6 is 0 Å². The molecule has 0 amide bonds. The van der Waals surface area contributed by atoms with Crippen LogP contribution in [0.1, 0.15) is 47.9 Å². The average molecular weight is 595 g/mol. The van der Waals surface area contributed by atoms with E-state index in [0.717, 1.165) is 48.0 Å². The van der Waals surface area contributed by atoms with Crippen LogP contribution in [0.15, 0.2) is 121 Å². The Balaban J connectivity index is 1.35. The predicted octanol–water partition coefficient (Wildman–Crippen LogP) is 8.66. The molecular formula is C41H38O4. The first-order chi connectivity index (χ1) is 22.2. The molecule has 1 aliphatic rings. The van der Waals surface area contributed by atoms with E-state index in [0.29, 0.717) is 13.2 Å². The third kappa shape index (κ3) is 5.35. The minimum absolute atomic E-state index is 0.191. The number of benzene rings is 6. The fourth-order valence-electron chi connectivity index (χ4n) is 6.93. The van der Waals surface area contributed by atoms with Crippen molar-refractivity contribution >= 4 is 21.5 Å². The lowest BCUT2D eigenvalue weighted by atomic mass is 9.67. The molecule has 0 bridgehead atoms. The largest absolute Gasteiger partial charge is 0.494 e. The minimum Gasteiger partial charge on any atom is -0.494 e. The van der Waals surface area contributed by atoms with Gasteiger partial charge in [0.25, 0.3) is 0 Å². The van der Waals surface area contributed by atoms with Crippen molar-refractivity contribution in [3.63, 3.8) is 0 Å². The molecule has 45 heavy (non-hydrogen) atoms. The van der Waals surface area contributed by atoms with Crippen molar-refractivity contribution in [2.75, 3.05) is 26.4 Å². The first-order valence-electron chi connectivity index (χ1n) is 16.0. The molecule has 0 atom stereocenters. The molecule has 4 nitrogen and oxygen atoms in total. The molecule has 0 saturated carbocycles. The molecule has 0 fully saturated rings. The first-order valence-corrected chi connectivity index (χ1v) is 16.0. The summed E-state index contributed by atoms with van der Waals surface area (Å²) in [5.74, 6) is 1.71. The van der Waals surface area contributed by atoms with Gasteiger partial charge < -0.3 is 19.7 Å². The van der Waals surface area contributed by atoms with Crippen molar-refractivity contribution < 1.29 is 19.7 Å². The maximum absolute atomic E-state index is 9.09. The number of ether oxygens (including phenoxy) is 2. The zero-order valence-corrected chi connectivity index (χ0v) is 25.4. The second kappa shape index (κ2) is 12.8. The van der Waals surface area contributed by atoms with Crippen LogP contribution in [0.4, 0.5) is 0 Å². The summed E-state index contributed by atoms with van der Waals surface area (Å²) >= 11 is 0. The molecule has 7 rings (SSSR count). The van der Waals surface area contributed by atoms with E-state index < -0.39 is 5.41 Å². The molecule has 4 heteroatoms. The molecule has 0 aromatic heterocycles. The van der Waals surface area contributed by atoms with Crippen molar-refractivity contribution in [3.05, 3.63) is 144 Å². The van der Waals surface area contributed by atoms with E-state index in [9.17, 15) is 0 Å². The van der Waals surface area contributed by atoms with Crippen LogP contribution in [0.25, 0.3) is 32.7 Å². The molecule has 0 aliphatic heterocycles. The first kappa shape index (κ1) is 29.1. The Kier molecular flexibility index (Phi) is 8.25. The SMILES string of the molecule is OCCCCOc1ccc2cc(C3(c4ccc5cc(OCCCCO)ccc5c4)c4ccccc4-c4ccccc43)ccc2c1. The van der Waals surface area contributed by atoms with Crippen molar-refractivity contribution in [1.82, 2.24) is 0 Å². The van der Waals surface area contributed by atoms with Gasteiger partial charge >= 0.3 is 0 Å². The second-order valence-corrected chi connectivity index (χ2v) is 11.8. The highest BCUT2D eigenvalue weighted by Gasteiger charge is 2.46. The van der Waals surface area contributed by atoms with Crippen LogP contribution < -0.4 is 9.47 Å². The Bertz CT molecular complexity index is 1820. The fourth-order valence-corrected chi connectivity index (χ4v) is 6.93. The van der Waals surface area contributed by atoms with E-state index in [1.165, 1.54) is 44.2 Å². The van der Waals surface area contributed by atoms with Gasteiger partial charge in [-0.15, -0.1) is 0 Å². The normalized spacial score (nSPS) is 13.1. The highest BCUT2D eigenvalue weighted by atomic mass is 16.5. The Labute approximate surface area is 264 Å². The zero-order valence-electron chi connectivity index (χ0n) is 25.4. The molecule has 0 heterocycles. The quantitative estimate of drug-likeness (QED) is 0.139. The van der Waals surface area contributed by atoms with Gasteiger partial charge in [-0.05, 0) is 117 Å². The summed E-state index contributed by atoms with van der Waals surface area (Å²) in [6.45, 7) is 1.58. The van der Waals surface area contributed by atoms with Crippen LogP contribution in [0.3, 0.4) is 0 Å². The number of aliphatic hydroxyl groups excluding tert-OH is 2.